The molecule has 1 atom stereocenters. The zero-order valence-electron chi connectivity index (χ0n) is 18.7. The average Bonchev–Trinajstić information content (AvgIpc) is 2.83. The average molecular weight is 492 g/mol. The van der Waals surface area contributed by atoms with Gasteiger partial charge < -0.3 is 15.4 Å². The highest BCUT2D eigenvalue weighted by molar-refractivity contribution is 7.98. The molecule has 178 valence electrons. The van der Waals surface area contributed by atoms with Gasteiger partial charge in [-0.1, -0.05) is 24.3 Å². The van der Waals surface area contributed by atoms with Crippen LogP contribution in [0.4, 0.5) is 5.69 Å². The first-order chi connectivity index (χ1) is 15.8. The molecule has 8 nitrogen and oxygen atoms in total. The number of amides is 2. The SMILES string of the molecule is CSCC[C@H](NC(=O)c1cccc(S(=O)(=O)N2CCOCC2)c1)C(=O)Nc1ccccc1C. The van der Waals surface area contributed by atoms with E-state index in [1.165, 1.54) is 22.5 Å². The highest BCUT2D eigenvalue weighted by atomic mass is 32.2. The molecule has 0 aliphatic carbocycles. The first-order valence-electron chi connectivity index (χ1n) is 10.7. The number of benzene rings is 2. The number of carbonyl (C=O) groups excluding carboxylic acids is 2. The van der Waals surface area contributed by atoms with Gasteiger partial charge in [-0.25, -0.2) is 8.42 Å². The first kappa shape index (κ1) is 25.2. The molecule has 10 heteroatoms. The molecule has 1 aliphatic rings. The number of morpholine rings is 1. The van der Waals surface area contributed by atoms with E-state index < -0.39 is 22.0 Å². The van der Waals surface area contributed by atoms with Crippen molar-refractivity contribution in [3.63, 3.8) is 0 Å². The molecule has 0 radical (unpaired) electrons. The van der Waals surface area contributed by atoms with Gasteiger partial charge in [-0.15, -0.1) is 0 Å². The number of carbonyl (C=O) groups is 2. The number of nitrogens with one attached hydrogen (secondary N) is 2. The number of hydrogen-bond acceptors (Lipinski definition) is 6. The van der Waals surface area contributed by atoms with E-state index in [0.717, 1.165) is 5.56 Å². The fourth-order valence-electron chi connectivity index (χ4n) is 3.41. The molecule has 0 aromatic heterocycles. The van der Waals surface area contributed by atoms with E-state index in [9.17, 15) is 18.0 Å². The number of para-hydroxylation sites is 1. The second kappa shape index (κ2) is 11.6. The van der Waals surface area contributed by atoms with E-state index in [0.29, 0.717) is 31.1 Å². The Hall–Kier alpha value is -2.40. The van der Waals surface area contributed by atoms with Crippen LogP contribution in [0.2, 0.25) is 0 Å². The number of thioether (sulfide) groups is 1. The Balaban J connectivity index is 1.76. The second-order valence-electron chi connectivity index (χ2n) is 7.66. The maximum atomic E-state index is 13.0. The number of rotatable bonds is 9. The second-order valence-corrected chi connectivity index (χ2v) is 10.6. The van der Waals surface area contributed by atoms with Gasteiger partial charge in [-0.05, 0) is 55.2 Å². The zero-order valence-corrected chi connectivity index (χ0v) is 20.4. The summed E-state index contributed by atoms with van der Waals surface area (Å²) in [5, 5.41) is 5.65. The standard InChI is InChI=1S/C23H29N3O5S2/c1-17-6-3-4-9-20(17)24-23(28)21(10-15-32-2)25-22(27)18-7-5-8-19(16-18)33(29,30)26-11-13-31-14-12-26/h3-9,16,21H,10-15H2,1-2H3,(H,24,28)(H,25,27)/t21-/m0/s1. The van der Waals surface area contributed by atoms with E-state index in [1.807, 2.05) is 31.4 Å². The number of anilines is 1. The quantitative estimate of drug-likeness (QED) is 0.559. The van der Waals surface area contributed by atoms with Crippen LogP contribution in [0, 0.1) is 6.92 Å². The predicted octanol–water partition coefficient (Wildman–Crippen LogP) is 2.51. The third-order valence-electron chi connectivity index (χ3n) is 5.34. The molecule has 2 N–H and O–H groups in total. The normalized spacial score (nSPS) is 15.6. The number of sulfonamides is 1. The lowest BCUT2D eigenvalue weighted by molar-refractivity contribution is -0.118. The molecule has 2 aromatic rings. The lowest BCUT2D eigenvalue weighted by Crippen LogP contribution is -2.44. The van der Waals surface area contributed by atoms with Gasteiger partial charge in [-0.3, -0.25) is 9.59 Å². The Bertz CT molecular complexity index is 1090. The first-order valence-corrected chi connectivity index (χ1v) is 13.5. The van der Waals surface area contributed by atoms with Gasteiger partial charge in [0.25, 0.3) is 5.91 Å². The zero-order chi connectivity index (χ0) is 23.8. The third kappa shape index (κ3) is 6.57. The summed E-state index contributed by atoms with van der Waals surface area (Å²) in [6, 6.07) is 12.6. The molecule has 0 unspecified atom stereocenters. The van der Waals surface area contributed by atoms with Gasteiger partial charge in [0.1, 0.15) is 6.04 Å². The highest BCUT2D eigenvalue weighted by Gasteiger charge is 2.27. The van der Waals surface area contributed by atoms with Crippen molar-refractivity contribution in [1.82, 2.24) is 9.62 Å². The Kier molecular flexibility index (Phi) is 8.90. The van der Waals surface area contributed by atoms with Crippen LogP contribution in [0.1, 0.15) is 22.3 Å². The molecule has 1 aliphatic heterocycles. The van der Waals surface area contributed by atoms with Crippen LogP contribution in [0.3, 0.4) is 0 Å². The molecule has 0 spiro atoms. The molecular weight excluding hydrogens is 462 g/mol. The van der Waals surface area contributed by atoms with Gasteiger partial charge in [0, 0.05) is 24.3 Å². The molecule has 2 amide bonds. The molecule has 2 aromatic carbocycles. The van der Waals surface area contributed by atoms with Crippen molar-refractivity contribution < 1.29 is 22.7 Å². The van der Waals surface area contributed by atoms with Crippen LogP contribution in [0.5, 0.6) is 0 Å². The summed E-state index contributed by atoms with van der Waals surface area (Å²) >= 11 is 1.57. The van der Waals surface area contributed by atoms with Gasteiger partial charge >= 0.3 is 0 Å². The van der Waals surface area contributed by atoms with Crippen LogP contribution < -0.4 is 10.6 Å². The van der Waals surface area contributed by atoms with Crippen molar-refractivity contribution in [2.24, 2.45) is 0 Å². The van der Waals surface area contributed by atoms with Crippen molar-refractivity contribution in [2.75, 3.05) is 43.6 Å². The Labute approximate surface area is 199 Å². The molecule has 3 rings (SSSR count). The summed E-state index contributed by atoms with van der Waals surface area (Å²) in [5.41, 5.74) is 1.79. The van der Waals surface area contributed by atoms with Crippen molar-refractivity contribution in [2.45, 2.75) is 24.3 Å². The maximum Gasteiger partial charge on any atom is 0.251 e. The minimum atomic E-state index is -3.73. The smallest absolute Gasteiger partial charge is 0.251 e. The molecule has 1 heterocycles. The summed E-state index contributed by atoms with van der Waals surface area (Å²) in [6.07, 6.45) is 2.37. The molecule has 0 bridgehead atoms. The number of hydrogen-bond donors (Lipinski definition) is 2. The summed E-state index contributed by atoms with van der Waals surface area (Å²) in [4.78, 5) is 25.9. The topological polar surface area (TPSA) is 105 Å². The fraction of sp³-hybridized carbons (Fsp3) is 0.391. The fourth-order valence-corrected chi connectivity index (χ4v) is 5.34. The Morgan fingerprint density at radius 2 is 1.85 bits per heavy atom. The van der Waals surface area contributed by atoms with Gasteiger partial charge in [0.05, 0.1) is 18.1 Å². The van der Waals surface area contributed by atoms with Crippen molar-refractivity contribution in [3.8, 4) is 0 Å². The van der Waals surface area contributed by atoms with Gasteiger partial charge in [-0.2, -0.15) is 16.1 Å². The predicted molar refractivity (Wildman–Crippen MR) is 130 cm³/mol. The molecule has 0 saturated carbocycles. The van der Waals surface area contributed by atoms with E-state index in [-0.39, 0.29) is 29.5 Å². The minimum absolute atomic E-state index is 0.0436. The number of aryl methyl sites for hydroxylation is 1. The van der Waals surface area contributed by atoms with Crippen LogP contribution in [0.15, 0.2) is 53.4 Å². The van der Waals surface area contributed by atoms with Crippen LogP contribution in [0.25, 0.3) is 0 Å². The van der Waals surface area contributed by atoms with E-state index in [1.54, 1.807) is 23.9 Å². The molecule has 1 fully saturated rings. The van der Waals surface area contributed by atoms with Crippen molar-refractivity contribution >= 4 is 39.3 Å². The largest absolute Gasteiger partial charge is 0.379 e. The van der Waals surface area contributed by atoms with E-state index >= 15 is 0 Å². The summed E-state index contributed by atoms with van der Waals surface area (Å²) in [7, 11) is -3.73. The summed E-state index contributed by atoms with van der Waals surface area (Å²) < 4.78 is 32.5. The van der Waals surface area contributed by atoms with Crippen LogP contribution in [-0.4, -0.2) is 68.9 Å². The van der Waals surface area contributed by atoms with Gasteiger partial charge in [0.15, 0.2) is 0 Å². The Morgan fingerprint density at radius 3 is 2.55 bits per heavy atom. The number of ether oxygens (including phenoxy) is 1. The van der Waals surface area contributed by atoms with Crippen molar-refractivity contribution in [3.05, 3.63) is 59.7 Å². The number of nitrogens with zero attached hydrogens (tertiary/aromatic N) is 1. The highest BCUT2D eigenvalue weighted by Crippen LogP contribution is 2.19. The lowest BCUT2D eigenvalue weighted by atomic mass is 10.1. The van der Waals surface area contributed by atoms with Crippen molar-refractivity contribution in [1.29, 1.82) is 0 Å². The molecule has 1 saturated heterocycles. The lowest BCUT2D eigenvalue weighted by Gasteiger charge is -2.26. The summed E-state index contributed by atoms with van der Waals surface area (Å²) in [6.45, 7) is 3.12. The summed E-state index contributed by atoms with van der Waals surface area (Å²) in [5.74, 6) is -0.138. The monoisotopic (exact) mass is 491 g/mol. The van der Waals surface area contributed by atoms with Gasteiger partial charge in [0.2, 0.25) is 15.9 Å². The molecular formula is C23H29N3O5S2. The van der Waals surface area contributed by atoms with E-state index in [4.69, 9.17) is 4.74 Å². The third-order valence-corrected chi connectivity index (χ3v) is 7.88. The van der Waals surface area contributed by atoms with E-state index in [2.05, 4.69) is 10.6 Å². The van der Waals surface area contributed by atoms with Crippen LogP contribution in [-0.2, 0) is 19.6 Å². The Morgan fingerprint density at radius 1 is 1.12 bits per heavy atom. The van der Waals surface area contributed by atoms with Crippen LogP contribution >= 0.6 is 11.8 Å². The molecule has 33 heavy (non-hydrogen) atoms. The minimum Gasteiger partial charge on any atom is -0.379 e. The maximum absolute atomic E-state index is 13.0.